The maximum Gasteiger partial charge on any atom is 0.327 e. The third kappa shape index (κ3) is 2.29. The highest BCUT2D eigenvalue weighted by atomic mass is 79.9. The van der Waals surface area contributed by atoms with E-state index in [2.05, 4.69) is 41.2 Å². The number of carbonyl (C=O) groups excluding carboxylic acids is 1. The highest BCUT2D eigenvalue weighted by Crippen LogP contribution is 2.33. The largest absolute Gasteiger partial charge is 0.327 e. The number of amides is 1. The lowest BCUT2D eigenvalue weighted by Crippen LogP contribution is -2.23. The molecule has 0 saturated carbocycles. The Morgan fingerprint density at radius 2 is 1.95 bits per heavy atom. The number of H-pyrrole nitrogens is 2. The van der Waals surface area contributed by atoms with Crippen LogP contribution in [-0.2, 0) is 4.79 Å². The second-order valence-corrected chi connectivity index (χ2v) is 5.55. The van der Waals surface area contributed by atoms with Gasteiger partial charge in [-0.3, -0.25) is 19.6 Å². The Bertz CT molecular complexity index is 1050. The molecular weight excluding hydrogens is 354 g/mol. The molecule has 0 aliphatic heterocycles. The third-order valence-electron chi connectivity index (χ3n) is 3.07. The second kappa shape index (κ2) is 5.02. The summed E-state index contributed by atoms with van der Waals surface area (Å²) in [5.41, 5.74) is 1.12. The normalized spacial score (nSPS) is 11.0. The molecule has 0 radical (unpaired) electrons. The fourth-order valence-electron chi connectivity index (χ4n) is 2.16. The van der Waals surface area contributed by atoms with Crippen molar-refractivity contribution in [1.82, 2.24) is 19.9 Å². The van der Waals surface area contributed by atoms with Crippen LogP contribution in [0, 0.1) is 6.92 Å². The first-order chi connectivity index (χ1) is 10.4. The summed E-state index contributed by atoms with van der Waals surface area (Å²) >= 11 is 3.39. The van der Waals surface area contributed by atoms with Crippen LogP contribution in [0.5, 0.6) is 0 Å². The van der Waals surface area contributed by atoms with E-state index >= 15 is 0 Å². The third-order valence-corrected chi connectivity index (χ3v) is 3.84. The SMILES string of the molecule is CC(=O)Nc1c(C)cc2nc3c(=O)[nH]c(=O)[nH]c3nc2c1Br. The molecule has 2 heterocycles. The molecule has 0 aliphatic rings. The standard InChI is InChI=1S/C13H10BrN5O3/c1-4-3-6-9(7(14)8(4)15-5(2)20)17-11-10(16-6)12(21)19-13(22)18-11/h3H,1-2H3,(H,15,20)(H2,17,18,19,21,22). The zero-order valence-corrected chi connectivity index (χ0v) is 13.2. The molecule has 1 aromatic carbocycles. The molecule has 112 valence electrons. The first kappa shape index (κ1) is 14.4. The minimum atomic E-state index is -0.656. The Hall–Kier alpha value is -2.55. The molecule has 8 nitrogen and oxygen atoms in total. The lowest BCUT2D eigenvalue weighted by molar-refractivity contribution is -0.114. The molecular formula is C13H10BrN5O3. The molecule has 0 saturated heterocycles. The van der Waals surface area contributed by atoms with E-state index in [1.165, 1.54) is 6.92 Å². The van der Waals surface area contributed by atoms with Crippen LogP contribution in [0.15, 0.2) is 20.1 Å². The number of anilines is 1. The van der Waals surface area contributed by atoms with Gasteiger partial charge in [0.2, 0.25) is 5.91 Å². The summed E-state index contributed by atoms with van der Waals surface area (Å²) in [4.78, 5) is 47.5. The Morgan fingerprint density at radius 3 is 2.64 bits per heavy atom. The molecule has 0 fully saturated rings. The molecule has 3 aromatic rings. The summed E-state index contributed by atoms with van der Waals surface area (Å²) in [6.45, 7) is 3.21. The van der Waals surface area contributed by atoms with Gasteiger partial charge in [0.15, 0.2) is 11.2 Å². The van der Waals surface area contributed by atoms with Crippen molar-refractivity contribution in [3.8, 4) is 0 Å². The van der Waals surface area contributed by atoms with Gasteiger partial charge in [0.25, 0.3) is 5.56 Å². The summed E-state index contributed by atoms with van der Waals surface area (Å²) in [6, 6.07) is 1.71. The van der Waals surface area contributed by atoms with Gasteiger partial charge < -0.3 is 5.32 Å². The summed E-state index contributed by atoms with van der Waals surface area (Å²) in [6.07, 6.45) is 0. The monoisotopic (exact) mass is 363 g/mol. The van der Waals surface area contributed by atoms with E-state index in [1.54, 1.807) is 13.0 Å². The summed E-state index contributed by atoms with van der Waals surface area (Å²) in [5.74, 6) is -0.221. The van der Waals surface area contributed by atoms with Gasteiger partial charge in [-0.1, -0.05) is 0 Å². The van der Waals surface area contributed by atoms with Crippen LogP contribution in [0.2, 0.25) is 0 Å². The number of nitrogens with one attached hydrogen (secondary N) is 3. The number of halogens is 1. The van der Waals surface area contributed by atoms with Crippen molar-refractivity contribution >= 4 is 49.7 Å². The lowest BCUT2D eigenvalue weighted by atomic mass is 10.1. The molecule has 9 heteroatoms. The average molecular weight is 364 g/mol. The topological polar surface area (TPSA) is 121 Å². The Morgan fingerprint density at radius 1 is 1.23 bits per heavy atom. The van der Waals surface area contributed by atoms with Crippen molar-refractivity contribution in [2.75, 3.05) is 5.32 Å². The summed E-state index contributed by atoms with van der Waals surface area (Å²) in [7, 11) is 0. The van der Waals surface area contributed by atoms with Crippen LogP contribution in [0.4, 0.5) is 5.69 Å². The minimum Gasteiger partial charge on any atom is -0.325 e. The fourth-order valence-corrected chi connectivity index (χ4v) is 2.86. The van der Waals surface area contributed by atoms with Gasteiger partial charge in [0.1, 0.15) is 5.52 Å². The Kier molecular flexibility index (Phi) is 3.28. The predicted molar refractivity (Wildman–Crippen MR) is 85.0 cm³/mol. The predicted octanol–water partition coefficient (Wildman–Crippen LogP) is 1.19. The number of nitrogens with zero attached hydrogens (tertiary/aromatic N) is 2. The van der Waals surface area contributed by atoms with Crippen molar-refractivity contribution in [2.24, 2.45) is 0 Å². The number of hydrogen-bond donors (Lipinski definition) is 3. The molecule has 3 rings (SSSR count). The number of rotatable bonds is 1. The lowest BCUT2D eigenvalue weighted by Gasteiger charge is -2.11. The van der Waals surface area contributed by atoms with E-state index in [1.807, 2.05) is 0 Å². The highest BCUT2D eigenvalue weighted by Gasteiger charge is 2.15. The molecule has 0 unspecified atom stereocenters. The van der Waals surface area contributed by atoms with E-state index in [0.717, 1.165) is 5.56 Å². The number of hydrogen-bond acceptors (Lipinski definition) is 5. The Labute approximate surface area is 131 Å². The zero-order valence-electron chi connectivity index (χ0n) is 11.6. The highest BCUT2D eigenvalue weighted by molar-refractivity contribution is 9.10. The average Bonchev–Trinajstić information content (AvgIpc) is 2.42. The number of aromatic nitrogens is 4. The fraction of sp³-hybridized carbons (Fsp3) is 0.154. The van der Waals surface area contributed by atoms with Crippen molar-refractivity contribution < 1.29 is 4.79 Å². The van der Waals surface area contributed by atoms with E-state index in [4.69, 9.17) is 0 Å². The van der Waals surface area contributed by atoms with Gasteiger partial charge in [0, 0.05) is 6.92 Å². The van der Waals surface area contributed by atoms with Gasteiger partial charge in [0.05, 0.1) is 15.7 Å². The quantitative estimate of drug-likeness (QED) is 0.560. The van der Waals surface area contributed by atoms with Crippen LogP contribution >= 0.6 is 15.9 Å². The number of carbonyl (C=O) groups is 1. The molecule has 3 N–H and O–H groups in total. The molecule has 0 aliphatic carbocycles. The van der Waals surface area contributed by atoms with Gasteiger partial charge in [-0.05, 0) is 34.5 Å². The number of aromatic amines is 2. The zero-order chi connectivity index (χ0) is 16.0. The number of aryl methyl sites for hydroxylation is 1. The van der Waals surface area contributed by atoms with Crippen molar-refractivity contribution in [3.05, 3.63) is 36.9 Å². The van der Waals surface area contributed by atoms with Crippen molar-refractivity contribution in [3.63, 3.8) is 0 Å². The van der Waals surface area contributed by atoms with E-state index in [-0.39, 0.29) is 17.1 Å². The van der Waals surface area contributed by atoms with Crippen LogP contribution in [0.3, 0.4) is 0 Å². The number of benzene rings is 1. The molecule has 2 aromatic heterocycles. The molecule has 0 atom stereocenters. The summed E-state index contributed by atoms with van der Waals surface area (Å²) < 4.78 is 0.535. The maximum atomic E-state index is 11.8. The molecule has 1 amide bonds. The Balaban J connectivity index is 2.44. The molecule has 22 heavy (non-hydrogen) atoms. The van der Waals surface area contributed by atoms with Crippen LogP contribution in [0.25, 0.3) is 22.2 Å². The smallest absolute Gasteiger partial charge is 0.325 e. The summed E-state index contributed by atoms with van der Waals surface area (Å²) in [5, 5.41) is 2.71. The van der Waals surface area contributed by atoms with Crippen LogP contribution in [0.1, 0.15) is 12.5 Å². The number of fused-ring (bicyclic) bond motifs is 2. The second-order valence-electron chi connectivity index (χ2n) is 4.76. The van der Waals surface area contributed by atoms with Gasteiger partial charge >= 0.3 is 5.69 Å². The van der Waals surface area contributed by atoms with Gasteiger partial charge in [-0.2, -0.15) is 0 Å². The van der Waals surface area contributed by atoms with Crippen LogP contribution < -0.4 is 16.6 Å². The minimum absolute atomic E-state index is 0.0469. The van der Waals surface area contributed by atoms with Crippen LogP contribution in [-0.4, -0.2) is 25.8 Å². The van der Waals surface area contributed by atoms with Gasteiger partial charge in [-0.25, -0.2) is 14.8 Å². The first-order valence-electron chi connectivity index (χ1n) is 6.27. The van der Waals surface area contributed by atoms with E-state index < -0.39 is 11.2 Å². The van der Waals surface area contributed by atoms with E-state index in [0.29, 0.717) is 21.2 Å². The first-order valence-corrected chi connectivity index (χ1v) is 7.07. The molecule has 0 spiro atoms. The van der Waals surface area contributed by atoms with Crippen molar-refractivity contribution in [2.45, 2.75) is 13.8 Å². The van der Waals surface area contributed by atoms with E-state index in [9.17, 15) is 14.4 Å². The molecule has 0 bridgehead atoms. The van der Waals surface area contributed by atoms with Crippen molar-refractivity contribution in [1.29, 1.82) is 0 Å². The maximum absolute atomic E-state index is 11.8. The van der Waals surface area contributed by atoms with Gasteiger partial charge in [-0.15, -0.1) is 0 Å².